The van der Waals surface area contributed by atoms with Crippen LogP contribution in [-0.4, -0.2) is 46.5 Å². The van der Waals surface area contributed by atoms with Crippen LogP contribution in [0.3, 0.4) is 0 Å². The minimum atomic E-state index is -0.718. The molecule has 1 aliphatic heterocycles. The standard InChI is InChI=1S/C16H15N3O6/c1-23-11-4-2-3-10(7-11)16-17-12(25-18-16)9-24-15(22)8-19-13(20)5-6-14(19)21/h2-4,7H,5-6,8-9H2,1H3. The molecule has 1 fully saturated rings. The van der Waals surface area contributed by atoms with Crippen molar-refractivity contribution < 1.29 is 28.4 Å². The number of hydrogen-bond acceptors (Lipinski definition) is 8. The van der Waals surface area contributed by atoms with Gasteiger partial charge in [0.05, 0.1) is 7.11 Å². The topological polar surface area (TPSA) is 112 Å². The minimum absolute atomic E-state index is 0.102. The largest absolute Gasteiger partial charge is 0.497 e. The van der Waals surface area contributed by atoms with Crippen molar-refractivity contribution in [1.82, 2.24) is 15.0 Å². The SMILES string of the molecule is COc1cccc(-c2noc(COC(=O)CN3C(=O)CCC3=O)n2)c1. The molecule has 0 aliphatic carbocycles. The fourth-order valence-corrected chi connectivity index (χ4v) is 2.31. The molecule has 0 spiro atoms. The number of benzene rings is 1. The molecule has 130 valence electrons. The van der Waals surface area contributed by atoms with Gasteiger partial charge in [-0.25, -0.2) is 0 Å². The van der Waals surface area contributed by atoms with Crippen molar-refractivity contribution in [3.8, 4) is 17.1 Å². The lowest BCUT2D eigenvalue weighted by atomic mass is 10.2. The summed E-state index contributed by atoms with van der Waals surface area (Å²) in [5.74, 6) is -0.389. The summed E-state index contributed by atoms with van der Waals surface area (Å²) in [6, 6.07) is 7.10. The number of hydrogen-bond donors (Lipinski definition) is 0. The molecule has 0 radical (unpaired) electrons. The highest BCUT2D eigenvalue weighted by atomic mass is 16.6. The maximum absolute atomic E-state index is 11.7. The Hall–Kier alpha value is -3.23. The number of ether oxygens (including phenoxy) is 2. The van der Waals surface area contributed by atoms with Gasteiger partial charge in [0.2, 0.25) is 17.6 Å². The number of nitrogens with zero attached hydrogens (tertiary/aromatic N) is 3. The Morgan fingerprint density at radius 1 is 1.28 bits per heavy atom. The van der Waals surface area contributed by atoms with E-state index in [0.717, 1.165) is 4.90 Å². The Bertz CT molecular complexity index is 800. The second-order valence-electron chi connectivity index (χ2n) is 5.28. The predicted octanol–water partition coefficient (Wildman–Crippen LogP) is 0.937. The molecular formula is C16H15N3O6. The molecule has 1 saturated heterocycles. The van der Waals surface area contributed by atoms with Crippen LogP contribution in [0, 0.1) is 0 Å². The molecule has 0 saturated carbocycles. The zero-order valence-corrected chi connectivity index (χ0v) is 13.4. The monoisotopic (exact) mass is 345 g/mol. The normalized spacial score (nSPS) is 14.0. The van der Waals surface area contributed by atoms with E-state index in [2.05, 4.69) is 10.1 Å². The summed E-state index contributed by atoms with van der Waals surface area (Å²) >= 11 is 0. The van der Waals surface area contributed by atoms with Crippen molar-refractivity contribution in [2.45, 2.75) is 19.4 Å². The van der Waals surface area contributed by atoms with E-state index in [1.165, 1.54) is 0 Å². The van der Waals surface area contributed by atoms with Crippen LogP contribution in [0.25, 0.3) is 11.4 Å². The Balaban J connectivity index is 1.57. The quantitative estimate of drug-likeness (QED) is 0.561. The third-order valence-electron chi connectivity index (χ3n) is 3.59. The van der Waals surface area contributed by atoms with Crippen LogP contribution in [0.15, 0.2) is 28.8 Å². The van der Waals surface area contributed by atoms with Crippen LogP contribution < -0.4 is 4.74 Å². The summed E-state index contributed by atoms with van der Waals surface area (Å²) in [6.07, 6.45) is 0.249. The lowest BCUT2D eigenvalue weighted by Gasteiger charge is -2.11. The summed E-state index contributed by atoms with van der Waals surface area (Å²) in [5.41, 5.74) is 0.689. The van der Waals surface area contributed by atoms with Crippen molar-refractivity contribution in [3.05, 3.63) is 30.2 Å². The maximum Gasteiger partial charge on any atom is 0.326 e. The number of methoxy groups -OCH3 is 1. The first-order valence-electron chi connectivity index (χ1n) is 7.52. The van der Waals surface area contributed by atoms with Gasteiger partial charge in [-0.3, -0.25) is 19.3 Å². The van der Waals surface area contributed by atoms with Crippen molar-refractivity contribution in [2.24, 2.45) is 0 Å². The molecule has 1 aliphatic rings. The molecule has 0 unspecified atom stereocenters. The predicted molar refractivity (Wildman–Crippen MR) is 82.0 cm³/mol. The summed E-state index contributed by atoms with van der Waals surface area (Å²) in [7, 11) is 1.55. The van der Waals surface area contributed by atoms with E-state index >= 15 is 0 Å². The summed E-state index contributed by atoms with van der Waals surface area (Å²) in [6.45, 7) is -0.652. The molecular weight excluding hydrogens is 330 g/mol. The zero-order valence-electron chi connectivity index (χ0n) is 13.4. The van der Waals surface area contributed by atoms with Crippen LogP contribution in [0.2, 0.25) is 0 Å². The number of carbonyl (C=O) groups is 3. The highest BCUT2D eigenvalue weighted by Crippen LogP contribution is 2.21. The second kappa shape index (κ2) is 7.12. The van der Waals surface area contributed by atoms with Crippen molar-refractivity contribution in [1.29, 1.82) is 0 Å². The Kier molecular flexibility index (Phi) is 4.73. The van der Waals surface area contributed by atoms with E-state index in [1.54, 1.807) is 31.4 Å². The molecule has 2 heterocycles. The Labute approximate surface area is 142 Å². The third kappa shape index (κ3) is 3.82. The number of esters is 1. The number of rotatable bonds is 6. The smallest absolute Gasteiger partial charge is 0.326 e. The van der Waals surface area contributed by atoms with Gasteiger partial charge in [-0.15, -0.1) is 0 Å². The van der Waals surface area contributed by atoms with Gasteiger partial charge in [0.25, 0.3) is 5.89 Å². The van der Waals surface area contributed by atoms with E-state index in [1.807, 2.05) is 0 Å². The van der Waals surface area contributed by atoms with E-state index in [4.69, 9.17) is 14.0 Å². The number of aromatic nitrogens is 2. The first kappa shape index (κ1) is 16.6. The van der Waals surface area contributed by atoms with Crippen LogP contribution in [-0.2, 0) is 25.7 Å². The first-order valence-corrected chi connectivity index (χ1v) is 7.52. The highest BCUT2D eigenvalue weighted by Gasteiger charge is 2.31. The van der Waals surface area contributed by atoms with Gasteiger partial charge < -0.3 is 14.0 Å². The van der Waals surface area contributed by atoms with E-state index < -0.39 is 12.5 Å². The van der Waals surface area contributed by atoms with Gasteiger partial charge in [0.15, 0.2) is 6.61 Å². The van der Waals surface area contributed by atoms with Crippen LogP contribution in [0.1, 0.15) is 18.7 Å². The molecule has 0 bridgehead atoms. The average molecular weight is 345 g/mol. The first-order chi connectivity index (χ1) is 12.1. The van der Waals surface area contributed by atoms with Crippen molar-refractivity contribution in [2.75, 3.05) is 13.7 Å². The lowest BCUT2D eigenvalue weighted by molar-refractivity contribution is -0.153. The van der Waals surface area contributed by atoms with Gasteiger partial charge in [-0.2, -0.15) is 4.98 Å². The number of carbonyl (C=O) groups excluding carboxylic acids is 3. The van der Waals surface area contributed by atoms with Gasteiger partial charge >= 0.3 is 5.97 Å². The van der Waals surface area contributed by atoms with E-state index in [0.29, 0.717) is 17.1 Å². The van der Waals surface area contributed by atoms with Gasteiger partial charge in [-0.05, 0) is 12.1 Å². The Morgan fingerprint density at radius 3 is 2.76 bits per heavy atom. The van der Waals surface area contributed by atoms with E-state index in [-0.39, 0.29) is 37.2 Å². The summed E-state index contributed by atoms with van der Waals surface area (Å²) < 4.78 is 15.1. The van der Waals surface area contributed by atoms with Gasteiger partial charge in [-0.1, -0.05) is 17.3 Å². The fraction of sp³-hybridized carbons (Fsp3) is 0.312. The van der Waals surface area contributed by atoms with Crippen LogP contribution in [0.4, 0.5) is 0 Å². The van der Waals surface area contributed by atoms with Gasteiger partial charge in [0.1, 0.15) is 12.3 Å². The fourth-order valence-electron chi connectivity index (χ4n) is 2.31. The number of amides is 2. The molecule has 3 rings (SSSR count). The average Bonchev–Trinajstić information content (AvgIpc) is 3.22. The van der Waals surface area contributed by atoms with Crippen LogP contribution in [0.5, 0.6) is 5.75 Å². The molecule has 1 aromatic carbocycles. The number of likely N-dealkylation sites (tertiary alicyclic amines) is 1. The minimum Gasteiger partial charge on any atom is -0.497 e. The molecule has 2 aromatic rings. The zero-order chi connectivity index (χ0) is 17.8. The lowest BCUT2D eigenvalue weighted by Crippen LogP contribution is -2.35. The highest BCUT2D eigenvalue weighted by molar-refractivity contribution is 6.04. The molecule has 9 heteroatoms. The molecule has 1 aromatic heterocycles. The van der Waals surface area contributed by atoms with Gasteiger partial charge in [0, 0.05) is 18.4 Å². The van der Waals surface area contributed by atoms with Crippen LogP contribution >= 0.6 is 0 Å². The molecule has 0 N–H and O–H groups in total. The number of imide groups is 1. The van der Waals surface area contributed by atoms with E-state index in [9.17, 15) is 14.4 Å². The second-order valence-corrected chi connectivity index (χ2v) is 5.28. The molecule has 2 amide bonds. The molecule has 9 nitrogen and oxygen atoms in total. The Morgan fingerprint density at radius 2 is 2.04 bits per heavy atom. The van der Waals surface area contributed by atoms with Crippen molar-refractivity contribution >= 4 is 17.8 Å². The van der Waals surface area contributed by atoms with Crippen molar-refractivity contribution in [3.63, 3.8) is 0 Å². The summed E-state index contributed by atoms with van der Waals surface area (Å²) in [4.78, 5) is 39.7. The summed E-state index contributed by atoms with van der Waals surface area (Å²) in [5, 5.41) is 3.82. The molecule has 25 heavy (non-hydrogen) atoms. The third-order valence-corrected chi connectivity index (χ3v) is 3.59. The maximum atomic E-state index is 11.7. The molecule has 0 atom stereocenters.